The number of rotatable bonds is 3. The van der Waals surface area contributed by atoms with Gasteiger partial charge in [-0.25, -0.2) is 4.79 Å². The maximum Gasteiger partial charge on any atom is 0.319 e. The van der Waals surface area contributed by atoms with Crippen LogP contribution in [-0.4, -0.2) is 64.8 Å². The van der Waals surface area contributed by atoms with Crippen LogP contribution in [-0.2, 0) is 4.79 Å². The highest BCUT2D eigenvalue weighted by atomic mass is 16.4. The number of carbonyl (C=O) groups excluding carboxylic acids is 1. The number of aliphatic hydroxyl groups excluding tert-OH is 1. The number of carboxylic acids is 1. The number of carbonyl (C=O) groups is 2. The number of amides is 2. The summed E-state index contributed by atoms with van der Waals surface area (Å²) in [5, 5.41) is 17.9. The molecule has 0 aliphatic carbocycles. The second kappa shape index (κ2) is 5.69. The Morgan fingerprint density at radius 1 is 1.50 bits per heavy atom. The molecule has 6 nitrogen and oxygen atoms in total. The van der Waals surface area contributed by atoms with E-state index in [0.717, 1.165) is 12.8 Å². The van der Waals surface area contributed by atoms with Gasteiger partial charge in [-0.1, -0.05) is 0 Å². The van der Waals surface area contributed by atoms with E-state index >= 15 is 0 Å². The lowest BCUT2D eigenvalue weighted by Gasteiger charge is -2.33. The second-order valence-electron chi connectivity index (χ2n) is 4.09. The minimum Gasteiger partial charge on any atom is -0.481 e. The zero-order valence-corrected chi connectivity index (χ0v) is 9.43. The average Bonchev–Trinajstić information content (AvgIpc) is 2.24. The van der Waals surface area contributed by atoms with E-state index in [-0.39, 0.29) is 19.0 Å². The summed E-state index contributed by atoms with van der Waals surface area (Å²) in [4.78, 5) is 25.1. The van der Waals surface area contributed by atoms with Crippen molar-refractivity contribution in [2.75, 3.05) is 26.7 Å². The first-order valence-corrected chi connectivity index (χ1v) is 5.40. The normalized spacial score (nSPS) is 20.6. The first-order chi connectivity index (χ1) is 7.50. The molecule has 1 fully saturated rings. The molecule has 2 N–H and O–H groups in total. The minimum absolute atomic E-state index is 0.0569. The summed E-state index contributed by atoms with van der Waals surface area (Å²) in [6, 6.07) is -0.208. The third-order valence-corrected chi connectivity index (χ3v) is 2.65. The number of carboxylic acid groups (broad SMARTS) is 1. The zero-order valence-electron chi connectivity index (χ0n) is 9.43. The van der Waals surface area contributed by atoms with Gasteiger partial charge in [0.2, 0.25) is 0 Å². The summed E-state index contributed by atoms with van der Waals surface area (Å²) in [7, 11) is 1.58. The third-order valence-electron chi connectivity index (χ3n) is 2.65. The summed E-state index contributed by atoms with van der Waals surface area (Å²) in [5.74, 6) is -0.918. The fourth-order valence-corrected chi connectivity index (χ4v) is 1.73. The zero-order chi connectivity index (χ0) is 12.1. The van der Waals surface area contributed by atoms with Crippen molar-refractivity contribution in [1.29, 1.82) is 0 Å². The SMILES string of the molecule is CN(CCC(=O)O)C(=O)N1CCCC(O)C1. The molecule has 6 heteroatoms. The number of hydrogen-bond acceptors (Lipinski definition) is 3. The van der Waals surface area contributed by atoms with Gasteiger partial charge in [0, 0.05) is 26.7 Å². The van der Waals surface area contributed by atoms with Crippen molar-refractivity contribution in [2.45, 2.75) is 25.4 Å². The number of aliphatic hydroxyl groups is 1. The smallest absolute Gasteiger partial charge is 0.319 e. The van der Waals surface area contributed by atoms with Gasteiger partial charge in [-0.3, -0.25) is 4.79 Å². The van der Waals surface area contributed by atoms with Crippen LogP contribution in [0.3, 0.4) is 0 Å². The molecule has 2 amide bonds. The lowest BCUT2D eigenvalue weighted by atomic mass is 10.1. The monoisotopic (exact) mass is 230 g/mol. The van der Waals surface area contributed by atoms with Crippen molar-refractivity contribution in [1.82, 2.24) is 9.80 Å². The van der Waals surface area contributed by atoms with Gasteiger partial charge >= 0.3 is 12.0 Å². The molecule has 92 valence electrons. The number of urea groups is 1. The molecule has 0 aromatic carbocycles. The van der Waals surface area contributed by atoms with Crippen LogP contribution in [0.5, 0.6) is 0 Å². The van der Waals surface area contributed by atoms with Crippen LogP contribution in [0.1, 0.15) is 19.3 Å². The molecular weight excluding hydrogens is 212 g/mol. The summed E-state index contributed by atoms with van der Waals surface area (Å²) in [6.07, 6.45) is 1.01. The fourth-order valence-electron chi connectivity index (χ4n) is 1.73. The molecular formula is C10H18N2O4. The molecule has 0 saturated carbocycles. The molecule has 0 radical (unpaired) electrons. The lowest BCUT2D eigenvalue weighted by molar-refractivity contribution is -0.137. The van der Waals surface area contributed by atoms with Gasteiger partial charge in [0.1, 0.15) is 0 Å². The second-order valence-corrected chi connectivity index (χ2v) is 4.09. The highest BCUT2D eigenvalue weighted by molar-refractivity contribution is 5.75. The van der Waals surface area contributed by atoms with E-state index in [0.29, 0.717) is 13.1 Å². The van der Waals surface area contributed by atoms with Gasteiger partial charge in [-0.05, 0) is 12.8 Å². The molecule has 1 atom stereocenters. The summed E-state index contributed by atoms with van der Waals surface area (Å²) < 4.78 is 0. The topological polar surface area (TPSA) is 81.1 Å². The fraction of sp³-hybridized carbons (Fsp3) is 0.800. The predicted molar refractivity (Wildman–Crippen MR) is 57.1 cm³/mol. The van der Waals surface area contributed by atoms with Crippen LogP contribution >= 0.6 is 0 Å². The molecule has 1 rings (SSSR count). The van der Waals surface area contributed by atoms with Gasteiger partial charge in [0.25, 0.3) is 0 Å². The highest BCUT2D eigenvalue weighted by Crippen LogP contribution is 2.11. The number of hydrogen-bond donors (Lipinski definition) is 2. The standard InChI is InChI=1S/C10H18N2O4/c1-11(6-4-9(14)15)10(16)12-5-2-3-8(13)7-12/h8,13H,2-7H2,1H3,(H,14,15). The molecule has 0 aromatic heterocycles. The average molecular weight is 230 g/mol. The van der Waals surface area contributed by atoms with Crippen molar-refractivity contribution in [3.8, 4) is 0 Å². The Balaban J connectivity index is 2.40. The van der Waals surface area contributed by atoms with Crippen molar-refractivity contribution in [2.24, 2.45) is 0 Å². The summed E-state index contributed by atoms with van der Waals surface area (Å²) in [6.45, 7) is 1.17. The maximum atomic E-state index is 11.8. The third kappa shape index (κ3) is 3.69. The van der Waals surface area contributed by atoms with Gasteiger partial charge in [-0.2, -0.15) is 0 Å². The highest BCUT2D eigenvalue weighted by Gasteiger charge is 2.24. The quantitative estimate of drug-likeness (QED) is 0.713. The van der Waals surface area contributed by atoms with Crippen molar-refractivity contribution in [3.63, 3.8) is 0 Å². The van der Waals surface area contributed by atoms with Crippen LogP contribution in [0.4, 0.5) is 4.79 Å². The Hall–Kier alpha value is -1.30. The molecule has 16 heavy (non-hydrogen) atoms. The molecule has 1 unspecified atom stereocenters. The first kappa shape index (κ1) is 12.8. The van der Waals surface area contributed by atoms with Gasteiger partial charge < -0.3 is 20.0 Å². The van der Waals surface area contributed by atoms with Crippen LogP contribution in [0, 0.1) is 0 Å². The van der Waals surface area contributed by atoms with Crippen molar-refractivity contribution < 1.29 is 19.8 Å². The summed E-state index contributed by atoms with van der Waals surface area (Å²) in [5.41, 5.74) is 0. The summed E-state index contributed by atoms with van der Waals surface area (Å²) >= 11 is 0. The van der Waals surface area contributed by atoms with Gasteiger partial charge in [0.05, 0.1) is 12.5 Å². The van der Waals surface area contributed by atoms with Gasteiger partial charge in [-0.15, -0.1) is 0 Å². The van der Waals surface area contributed by atoms with E-state index in [1.54, 1.807) is 11.9 Å². The maximum absolute atomic E-state index is 11.8. The molecule has 1 aliphatic heterocycles. The Bertz CT molecular complexity index is 270. The van der Waals surface area contributed by atoms with Crippen molar-refractivity contribution >= 4 is 12.0 Å². The van der Waals surface area contributed by atoms with Gasteiger partial charge in [0.15, 0.2) is 0 Å². The van der Waals surface area contributed by atoms with E-state index in [2.05, 4.69) is 0 Å². The molecule has 1 saturated heterocycles. The molecule has 0 aromatic rings. The minimum atomic E-state index is -0.918. The van der Waals surface area contributed by atoms with Crippen molar-refractivity contribution in [3.05, 3.63) is 0 Å². The Kier molecular flexibility index (Phi) is 4.54. The predicted octanol–water partition coefficient (Wildman–Crippen LogP) is -0.0304. The van der Waals surface area contributed by atoms with Crippen LogP contribution < -0.4 is 0 Å². The van der Waals surface area contributed by atoms with E-state index in [4.69, 9.17) is 5.11 Å². The number of β-amino-alcohol motifs (C(OH)–C–C–N with tert-alkyl or cyclic N) is 1. The van der Waals surface area contributed by atoms with Crippen LogP contribution in [0.2, 0.25) is 0 Å². The Morgan fingerprint density at radius 3 is 2.75 bits per heavy atom. The number of nitrogens with zero attached hydrogens (tertiary/aromatic N) is 2. The number of aliphatic carboxylic acids is 1. The van der Waals surface area contributed by atoms with Crippen LogP contribution in [0.25, 0.3) is 0 Å². The number of likely N-dealkylation sites (tertiary alicyclic amines) is 1. The Morgan fingerprint density at radius 2 is 2.19 bits per heavy atom. The molecule has 0 spiro atoms. The van der Waals surface area contributed by atoms with E-state index < -0.39 is 12.1 Å². The van der Waals surface area contributed by atoms with E-state index in [1.165, 1.54) is 4.90 Å². The largest absolute Gasteiger partial charge is 0.481 e. The molecule has 0 bridgehead atoms. The van der Waals surface area contributed by atoms with E-state index in [9.17, 15) is 14.7 Å². The number of piperidine rings is 1. The molecule has 1 heterocycles. The van der Waals surface area contributed by atoms with Crippen LogP contribution in [0.15, 0.2) is 0 Å². The molecule has 1 aliphatic rings. The lowest BCUT2D eigenvalue weighted by Crippen LogP contribution is -2.48. The first-order valence-electron chi connectivity index (χ1n) is 5.40. The Labute approximate surface area is 94.4 Å². The van der Waals surface area contributed by atoms with E-state index in [1.807, 2.05) is 0 Å².